The highest BCUT2D eigenvalue weighted by Crippen LogP contribution is 2.60. The third kappa shape index (κ3) is 5.76. The number of carbonyl (C=O) groups excluding carboxylic acids is 4. The third-order valence-corrected chi connectivity index (χ3v) is 9.30. The van der Waals surface area contributed by atoms with Crippen LogP contribution in [-0.2, 0) is 28.7 Å². The molecule has 3 fully saturated rings. The molecule has 3 amide bonds. The molecule has 7 atom stereocenters. The quantitative estimate of drug-likeness (QED) is 0.189. The fourth-order valence-corrected chi connectivity index (χ4v) is 7.72. The zero-order chi connectivity index (χ0) is 30.8. The van der Waals surface area contributed by atoms with E-state index in [2.05, 4.69) is 34.4 Å². The van der Waals surface area contributed by atoms with Gasteiger partial charge in [-0.25, -0.2) is 0 Å². The van der Waals surface area contributed by atoms with Gasteiger partial charge in [-0.1, -0.05) is 51.8 Å². The van der Waals surface area contributed by atoms with E-state index in [1.54, 1.807) is 31.2 Å². The van der Waals surface area contributed by atoms with E-state index in [-0.39, 0.29) is 43.4 Å². The van der Waals surface area contributed by atoms with Crippen LogP contribution in [0.4, 0.5) is 5.69 Å². The summed E-state index contributed by atoms with van der Waals surface area (Å²) in [6.07, 6.45) is 2.96. The van der Waals surface area contributed by atoms with Crippen LogP contribution in [0.1, 0.15) is 31.7 Å². The van der Waals surface area contributed by atoms with Crippen LogP contribution >= 0.6 is 27.5 Å². The van der Waals surface area contributed by atoms with Gasteiger partial charge in [-0.05, 0) is 38.3 Å². The van der Waals surface area contributed by atoms with Gasteiger partial charge in [0.05, 0.1) is 41.8 Å². The Morgan fingerprint density at radius 1 is 1.36 bits per heavy atom. The van der Waals surface area contributed by atoms with E-state index in [0.717, 1.165) is 5.56 Å². The van der Waals surface area contributed by atoms with Crippen LogP contribution in [0.3, 0.4) is 0 Å². The molecular formula is C30H37BrClN3O7. The van der Waals surface area contributed by atoms with E-state index in [1.807, 2.05) is 13.0 Å². The van der Waals surface area contributed by atoms with Gasteiger partial charge in [-0.2, -0.15) is 0 Å². The molecule has 0 aromatic heterocycles. The molecule has 1 spiro atoms. The number of hydrogen-bond donors (Lipinski definition) is 2. The maximum absolute atomic E-state index is 14.5. The molecule has 1 aromatic rings. The Labute approximate surface area is 259 Å². The standard InChI is InChI=1S/C30H37BrClN3O7/c1-5-7-11-21(37)33-16-18(4)41-29(40)22-23-27(38)35(13-14-36)26(30(23)15-19(31)25(22)42-30)28(39)34(12-6-2)24-17(3)9-8-10-20(24)32/h5-6,8-10,18-19,22-23,25-26,36H,1-2,7,11-16H2,3-4H3,(H,33,37)/t18-,19?,22+,23-,25+,26+,30-/m1/s1. The Bertz CT molecular complexity index is 1240. The summed E-state index contributed by atoms with van der Waals surface area (Å²) >= 11 is 10.2. The van der Waals surface area contributed by atoms with Crippen LogP contribution in [0.5, 0.6) is 0 Å². The highest BCUT2D eigenvalue weighted by molar-refractivity contribution is 9.09. The minimum absolute atomic E-state index is 0.104. The zero-order valence-electron chi connectivity index (χ0n) is 23.8. The predicted octanol–water partition coefficient (Wildman–Crippen LogP) is 2.92. The summed E-state index contributed by atoms with van der Waals surface area (Å²) in [5.41, 5.74) is -0.0854. The molecule has 3 aliphatic rings. The van der Waals surface area contributed by atoms with Crippen LogP contribution < -0.4 is 10.2 Å². The molecule has 2 N–H and O–H groups in total. The van der Waals surface area contributed by atoms with Gasteiger partial charge < -0.3 is 29.7 Å². The number of rotatable bonds is 13. The number of aliphatic hydroxyl groups is 1. The van der Waals surface area contributed by atoms with Crippen LogP contribution in [-0.4, -0.2) is 88.6 Å². The minimum atomic E-state index is -1.33. The number of nitrogens with one attached hydrogen (secondary N) is 1. The fourth-order valence-electron chi connectivity index (χ4n) is 6.46. The molecule has 3 aliphatic heterocycles. The Kier molecular flexibility index (Phi) is 10.2. The van der Waals surface area contributed by atoms with Crippen molar-refractivity contribution >= 4 is 56.9 Å². The Balaban J connectivity index is 1.64. The number of carbonyl (C=O) groups is 4. The smallest absolute Gasteiger partial charge is 0.312 e. The molecule has 228 valence electrons. The Morgan fingerprint density at radius 3 is 2.74 bits per heavy atom. The van der Waals surface area contributed by atoms with Crippen molar-refractivity contribution < 1.29 is 33.8 Å². The summed E-state index contributed by atoms with van der Waals surface area (Å²) in [6.45, 7) is 10.6. The molecule has 42 heavy (non-hydrogen) atoms. The van der Waals surface area contributed by atoms with Gasteiger partial charge in [0.25, 0.3) is 5.91 Å². The van der Waals surface area contributed by atoms with Crippen molar-refractivity contribution in [2.45, 2.75) is 61.8 Å². The van der Waals surface area contributed by atoms with E-state index < -0.39 is 53.5 Å². The van der Waals surface area contributed by atoms with Crippen LogP contribution in [0.2, 0.25) is 5.02 Å². The largest absolute Gasteiger partial charge is 0.460 e. The lowest BCUT2D eigenvalue weighted by Crippen LogP contribution is -2.57. The second kappa shape index (κ2) is 13.3. The molecule has 2 bridgehead atoms. The second-order valence-corrected chi connectivity index (χ2v) is 12.5. The number of benzene rings is 1. The van der Waals surface area contributed by atoms with Crippen molar-refractivity contribution in [2.75, 3.05) is 31.1 Å². The first-order chi connectivity index (χ1) is 20.0. The average molecular weight is 667 g/mol. The van der Waals surface area contributed by atoms with Crippen LogP contribution in [0.25, 0.3) is 0 Å². The van der Waals surface area contributed by atoms with E-state index in [9.17, 15) is 24.3 Å². The lowest BCUT2D eigenvalue weighted by atomic mass is 9.70. The molecule has 10 nitrogen and oxygen atoms in total. The maximum Gasteiger partial charge on any atom is 0.312 e. The SMILES string of the molecule is C=CCCC(=O)NC[C@@H](C)OC(=O)[C@@H]1[C@H]2O[C@@]3(CC2Br)[C@H](C(=O)N(CC=C)c2c(C)cccc2Cl)N(CCO)C(=O)[C@@H]13. The number of para-hydroxylation sites is 1. The van der Waals surface area contributed by atoms with Gasteiger partial charge in [0.15, 0.2) is 0 Å². The monoisotopic (exact) mass is 665 g/mol. The number of β-amino-alcohol motifs (C(OH)–C–C–N with tert-alkyl or cyclic N) is 1. The number of aryl methyl sites for hydroxylation is 1. The molecule has 12 heteroatoms. The highest BCUT2D eigenvalue weighted by atomic mass is 79.9. The Hall–Kier alpha value is -2.73. The van der Waals surface area contributed by atoms with Gasteiger partial charge >= 0.3 is 5.97 Å². The molecule has 4 rings (SSSR count). The van der Waals surface area contributed by atoms with E-state index in [1.165, 1.54) is 9.80 Å². The summed E-state index contributed by atoms with van der Waals surface area (Å²) in [5.74, 6) is -3.70. The number of ether oxygens (including phenoxy) is 2. The molecule has 0 radical (unpaired) electrons. The van der Waals surface area contributed by atoms with Crippen molar-refractivity contribution in [2.24, 2.45) is 11.8 Å². The van der Waals surface area contributed by atoms with Crippen molar-refractivity contribution in [3.05, 3.63) is 54.1 Å². The number of fused-ring (bicyclic) bond motifs is 1. The first-order valence-corrected chi connectivity index (χ1v) is 15.3. The number of amides is 3. The first-order valence-electron chi connectivity index (χ1n) is 14.0. The number of alkyl halides is 1. The van der Waals surface area contributed by atoms with Gasteiger partial charge in [-0.15, -0.1) is 13.2 Å². The summed E-state index contributed by atoms with van der Waals surface area (Å²) in [4.78, 5) is 56.5. The number of nitrogens with zero attached hydrogens (tertiary/aromatic N) is 2. The lowest BCUT2D eigenvalue weighted by Gasteiger charge is -2.37. The molecule has 0 saturated carbocycles. The normalized spacial score (nSPS) is 28.3. The van der Waals surface area contributed by atoms with Gasteiger partial charge in [0.2, 0.25) is 11.8 Å². The number of likely N-dealkylation sites (tertiary alicyclic amines) is 1. The minimum Gasteiger partial charge on any atom is -0.460 e. The number of allylic oxidation sites excluding steroid dienone is 1. The van der Waals surface area contributed by atoms with Gasteiger partial charge in [-0.3, -0.25) is 19.2 Å². The van der Waals surface area contributed by atoms with E-state index in [0.29, 0.717) is 23.6 Å². The van der Waals surface area contributed by atoms with E-state index in [4.69, 9.17) is 21.1 Å². The van der Waals surface area contributed by atoms with Gasteiger partial charge in [0.1, 0.15) is 17.7 Å². The Morgan fingerprint density at radius 2 is 2.10 bits per heavy atom. The lowest BCUT2D eigenvalue weighted by molar-refractivity contribution is -0.159. The van der Waals surface area contributed by atoms with E-state index >= 15 is 0 Å². The number of esters is 1. The zero-order valence-corrected chi connectivity index (χ0v) is 26.1. The number of anilines is 1. The molecule has 3 heterocycles. The number of hydrogen-bond acceptors (Lipinski definition) is 7. The topological polar surface area (TPSA) is 125 Å². The molecule has 0 aliphatic carbocycles. The summed E-state index contributed by atoms with van der Waals surface area (Å²) < 4.78 is 12.2. The predicted molar refractivity (Wildman–Crippen MR) is 161 cm³/mol. The fraction of sp³-hybridized carbons (Fsp3) is 0.533. The highest BCUT2D eigenvalue weighted by Gasteiger charge is 2.77. The van der Waals surface area contributed by atoms with Crippen LogP contribution in [0, 0.1) is 18.8 Å². The average Bonchev–Trinajstić information content (AvgIpc) is 3.53. The third-order valence-electron chi connectivity index (χ3n) is 8.15. The van der Waals surface area contributed by atoms with Gasteiger partial charge in [0, 0.05) is 24.3 Å². The molecule has 1 unspecified atom stereocenters. The molecular weight excluding hydrogens is 630 g/mol. The summed E-state index contributed by atoms with van der Waals surface area (Å²) in [6, 6.07) is 4.17. The molecule has 3 saturated heterocycles. The summed E-state index contributed by atoms with van der Waals surface area (Å²) in [5, 5.41) is 13.0. The van der Waals surface area contributed by atoms with Crippen molar-refractivity contribution in [1.82, 2.24) is 10.2 Å². The second-order valence-electron chi connectivity index (χ2n) is 10.9. The van der Waals surface area contributed by atoms with Crippen molar-refractivity contribution in [3.8, 4) is 0 Å². The maximum atomic E-state index is 14.5. The van der Waals surface area contributed by atoms with Crippen molar-refractivity contribution in [1.29, 1.82) is 0 Å². The number of halogens is 2. The molecule has 1 aromatic carbocycles. The first kappa shape index (κ1) is 32.2. The van der Waals surface area contributed by atoms with Crippen molar-refractivity contribution in [3.63, 3.8) is 0 Å². The van der Waals surface area contributed by atoms with Crippen LogP contribution in [0.15, 0.2) is 43.5 Å². The summed E-state index contributed by atoms with van der Waals surface area (Å²) in [7, 11) is 0. The number of aliphatic hydroxyl groups excluding tert-OH is 1.